The number of aromatic nitrogens is 2. The molecule has 0 saturated carbocycles. The first kappa shape index (κ1) is 11.3. The molecular weight excluding hydrogens is 252 g/mol. The molecule has 0 unspecified atom stereocenters. The predicted octanol–water partition coefficient (Wildman–Crippen LogP) is 2.89. The Labute approximate surface area is 115 Å². The van der Waals surface area contributed by atoms with E-state index in [1.165, 1.54) is 11.3 Å². The van der Waals surface area contributed by atoms with Crippen LogP contribution in [0.4, 0.5) is 17.1 Å². The minimum absolute atomic E-state index is 0.593. The van der Waals surface area contributed by atoms with Gasteiger partial charge < -0.3 is 10.6 Å². The summed E-state index contributed by atoms with van der Waals surface area (Å²) < 4.78 is 4.86. The number of nitrogen functional groups attached to an aromatic ring is 1. The van der Waals surface area contributed by atoms with Gasteiger partial charge in [0.2, 0.25) is 0 Å². The van der Waals surface area contributed by atoms with Crippen LogP contribution in [0.15, 0.2) is 41.0 Å². The largest absolute Gasteiger partial charge is 0.397 e. The standard InChI is InChI=1S/C15H14N4O/c16-11-7-8-13(15-14(11)17-20-18-15)19-9-3-5-10-4-1-2-6-12(10)19/h1-2,4,6-8H,3,5,9,16H2. The lowest BCUT2D eigenvalue weighted by Crippen LogP contribution is -2.24. The molecule has 2 aromatic carbocycles. The lowest BCUT2D eigenvalue weighted by molar-refractivity contribution is 0.315. The third-order valence-corrected chi connectivity index (χ3v) is 3.83. The Morgan fingerprint density at radius 2 is 1.85 bits per heavy atom. The number of aryl methyl sites for hydroxylation is 1. The monoisotopic (exact) mass is 266 g/mol. The van der Waals surface area contributed by atoms with E-state index in [1.807, 2.05) is 12.1 Å². The van der Waals surface area contributed by atoms with Gasteiger partial charge in [-0.15, -0.1) is 0 Å². The first-order chi connectivity index (χ1) is 9.84. The normalized spacial score (nSPS) is 14.5. The van der Waals surface area contributed by atoms with Gasteiger partial charge in [-0.1, -0.05) is 18.2 Å². The van der Waals surface area contributed by atoms with Crippen LogP contribution < -0.4 is 10.6 Å². The Morgan fingerprint density at radius 1 is 1.00 bits per heavy atom. The predicted molar refractivity (Wildman–Crippen MR) is 78.0 cm³/mol. The molecule has 0 radical (unpaired) electrons. The molecule has 1 aromatic heterocycles. The highest BCUT2D eigenvalue weighted by Crippen LogP contribution is 2.37. The summed E-state index contributed by atoms with van der Waals surface area (Å²) in [4.78, 5) is 2.27. The van der Waals surface area contributed by atoms with Gasteiger partial charge in [-0.05, 0) is 46.9 Å². The number of nitrogens with zero attached hydrogens (tertiary/aromatic N) is 3. The third-order valence-electron chi connectivity index (χ3n) is 3.83. The molecule has 3 aromatic rings. The van der Waals surface area contributed by atoms with Gasteiger partial charge in [-0.2, -0.15) is 0 Å². The van der Waals surface area contributed by atoms with E-state index in [0.29, 0.717) is 11.2 Å². The minimum atomic E-state index is 0.593. The molecule has 100 valence electrons. The Bertz CT molecular complexity index is 780. The molecule has 5 heteroatoms. The van der Waals surface area contributed by atoms with E-state index in [2.05, 4.69) is 39.5 Å². The number of rotatable bonds is 1. The quantitative estimate of drug-likeness (QED) is 0.686. The third kappa shape index (κ3) is 1.56. The molecule has 4 rings (SSSR count). The molecule has 2 heterocycles. The number of hydrogen-bond donors (Lipinski definition) is 1. The van der Waals surface area contributed by atoms with Crippen molar-refractivity contribution in [3.63, 3.8) is 0 Å². The van der Waals surface area contributed by atoms with Crippen LogP contribution in [0.2, 0.25) is 0 Å². The topological polar surface area (TPSA) is 68.2 Å². The van der Waals surface area contributed by atoms with Crippen LogP contribution >= 0.6 is 0 Å². The van der Waals surface area contributed by atoms with Crippen LogP contribution in [0.1, 0.15) is 12.0 Å². The van der Waals surface area contributed by atoms with Crippen LogP contribution in [-0.4, -0.2) is 16.9 Å². The Kier molecular flexibility index (Phi) is 2.39. The van der Waals surface area contributed by atoms with Crippen molar-refractivity contribution in [2.24, 2.45) is 0 Å². The molecule has 0 fully saturated rings. The fourth-order valence-electron chi connectivity index (χ4n) is 2.87. The van der Waals surface area contributed by atoms with Gasteiger partial charge in [-0.25, -0.2) is 4.63 Å². The number of anilines is 3. The van der Waals surface area contributed by atoms with Crippen molar-refractivity contribution in [3.05, 3.63) is 42.0 Å². The molecule has 0 aliphatic carbocycles. The van der Waals surface area contributed by atoms with Crippen molar-refractivity contribution in [1.29, 1.82) is 0 Å². The first-order valence-electron chi connectivity index (χ1n) is 6.71. The fourth-order valence-corrected chi connectivity index (χ4v) is 2.87. The van der Waals surface area contributed by atoms with Crippen molar-refractivity contribution in [3.8, 4) is 0 Å². The maximum absolute atomic E-state index is 5.91. The van der Waals surface area contributed by atoms with Gasteiger partial charge in [0.25, 0.3) is 0 Å². The SMILES string of the molecule is Nc1ccc(N2CCCc3ccccc32)c2nonc12. The van der Waals surface area contributed by atoms with E-state index in [0.717, 1.165) is 30.6 Å². The number of nitrogens with two attached hydrogens (primary N) is 1. The summed E-state index contributed by atoms with van der Waals surface area (Å²) in [7, 11) is 0. The van der Waals surface area contributed by atoms with Crippen molar-refractivity contribution in [2.45, 2.75) is 12.8 Å². The first-order valence-corrected chi connectivity index (χ1v) is 6.71. The van der Waals surface area contributed by atoms with E-state index >= 15 is 0 Å². The molecule has 5 nitrogen and oxygen atoms in total. The van der Waals surface area contributed by atoms with Crippen molar-refractivity contribution < 1.29 is 4.63 Å². The molecule has 2 N–H and O–H groups in total. The van der Waals surface area contributed by atoms with Crippen LogP contribution in [0, 0.1) is 0 Å². The number of hydrogen-bond acceptors (Lipinski definition) is 5. The molecule has 0 atom stereocenters. The van der Waals surface area contributed by atoms with Crippen molar-refractivity contribution in [1.82, 2.24) is 10.3 Å². The molecule has 0 spiro atoms. The van der Waals surface area contributed by atoms with Gasteiger partial charge in [0.1, 0.15) is 0 Å². The Balaban J connectivity index is 1.93. The second-order valence-electron chi connectivity index (χ2n) is 5.02. The van der Waals surface area contributed by atoms with Crippen LogP contribution in [-0.2, 0) is 6.42 Å². The molecule has 0 saturated heterocycles. The molecule has 0 amide bonds. The fraction of sp³-hybridized carbons (Fsp3) is 0.200. The molecule has 0 bridgehead atoms. The molecule has 1 aliphatic heterocycles. The van der Waals surface area contributed by atoms with E-state index in [9.17, 15) is 0 Å². The van der Waals surface area contributed by atoms with Gasteiger partial charge in [0.05, 0.1) is 11.4 Å². The second kappa shape index (κ2) is 4.23. The van der Waals surface area contributed by atoms with E-state index in [4.69, 9.17) is 10.4 Å². The lowest BCUT2D eigenvalue weighted by atomic mass is 10.0. The summed E-state index contributed by atoms with van der Waals surface area (Å²) in [6.45, 7) is 0.961. The molecular formula is C15H14N4O. The summed E-state index contributed by atoms with van der Waals surface area (Å²) in [5, 5.41) is 7.91. The number of para-hydroxylation sites is 1. The highest BCUT2D eigenvalue weighted by atomic mass is 16.6. The van der Waals surface area contributed by atoms with Gasteiger partial charge >= 0.3 is 0 Å². The molecule has 1 aliphatic rings. The smallest absolute Gasteiger partial charge is 0.160 e. The minimum Gasteiger partial charge on any atom is -0.397 e. The zero-order valence-electron chi connectivity index (χ0n) is 10.9. The van der Waals surface area contributed by atoms with Crippen molar-refractivity contribution >= 4 is 28.1 Å². The zero-order valence-corrected chi connectivity index (χ0v) is 10.9. The Morgan fingerprint density at radius 3 is 2.80 bits per heavy atom. The van der Waals surface area contributed by atoms with Crippen LogP contribution in [0.3, 0.4) is 0 Å². The van der Waals surface area contributed by atoms with Gasteiger partial charge in [0, 0.05) is 12.2 Å². The highest BCUT2D eigenvalue weighted by Gasteiger charge is 2.21. The van der Waals surface area contributed by atoms with E-state index in [1.54, 1.807) is 0 Å². The summed E-state index contributed by atoms with van der Waals surface area (Å²) in [5.74, 6) is 0. The van der Waals surface area contributed by atoms with Gasteiger partial charge in [0.15, 0.2) is 11.0 Å². The maximum atomic E-state index is 5.91. The summed E-state index contributed by atoms with van der Waals surface area (Å²) in [6, 6.07) is 12.3. The van der Waals surface area contributed by atoms with Crippen LogP contribution in [0.25, 0.3) is 11.0 Å². The van der Waals surface area contributed by atoms with E-state index in [-0.39, 0.29) is 0 Å². The van der Waals surface area contributed by atoms with Crippen molar-refractivity contribution in [2.75, 3.05) is 17.2 Å². The van der Waals surface area contributed by atoms with Crippen LogP contribution in [0.5, 0.6) is 0 Å². The lowest BCUT2D eigenvalue weighted by Gasteiger charge is -2.31. The van der Waals surface area contributed by atoms with E-state index < -0.39 is 0 Å². The van der Waals surface area contributed by atoms with Gasteiger partial charge in [-0.3, -0.25) is 0 Å². The molecule has 20 heavy (non-hydrogen) atoms. The summed E-state index contributed by atoms with van der Waals surface area (Å²) in [6.07, 6.45) is 2.23. The second-order valence-corrected chi connectivity index (χ2v) is 5.02. The summed E-state index contributed by atoms with van der Waals surface area (Å²) >= 11 is 0. The number of fused-ring (bicyclic) bond motifs is 2. The Hall–Kier alpha value is -2.56. The average molecular weight is 266 g/mol. The maximum Gasteiger partial charge on any atom is 0.160 e. The highest BCUT2D eigenvalue weighted by molar-refractivity contribution is 5.97. The average Bonchev–Trinajstić information content (AvgIpc) is 2.98. The zero-order chi connectivity index (χ0) is 13.5. The number of benzene rings is 2. The summed E-state index contributed by atoms with van der Waals surface area (Å²) in [5.41, 5.74) is 11.5.